The van der Waals surface area contributed by atoms with Crippen LogP contribution >= 0.6 is 0 Å². The largest absolute Gasteiger partial charge is 0.356 e. The fraction of sp³-hybridized carbons (Fsp3) is 0.579. The summed E-state index contributed by atoms with van der Waals surface area (Å²) in [6.07, 6.45) is 5.69. The zero-order valence-corrected chi connectivity index (χ0v) is 13.7. The molecule has 2 fully saturated rings. The lowest BCUT2D eigenvalue weighted by atomic mass is 9.95. The highest BCUT2D eigenvalue weighted by Crippen LogP contribution is 2.32. The highest BCUT2D eigenvalue weighted by atomic mass is 16.2. The van der Waals surface area contributed by atoms with Crippen LogP contribution in [-0.4, -0.2) is 36.3 Å². The minimum atomic E-state index is 0.0787. The molecule has 1 aromatic carbocycles. The minimum Gasteiger partial charge on any atom is -0.356 e. The summed E-state index contributed by atoms with van der Waals surface area (Å²) < 4.78 is 0. The van der Waals surface area contributed by atoms with E-state index in [4.69, 9.17) is 0 Å². The lowest BCUT2D eigenvalue weighted by molar-refractivity contribution is -0.136. The molecule has 23 heavy (non-hydrogen) atoms. The Morgan fingerprint density at radius 3 is 2.35 bits per heavy atom. The first kappa shape index (κ1) is 16.0. The van der Waals surface area contributed by atoms with Crippen LogP contribution in [0.15, 0.2) is 30.3 Å². The van der Waals surface area contributed by atoms with E-state index in [0.29, 0.717) is 11.8 Å². The van der Waals surface area contributed by atoms with Gasteiger partial charge in [0, 0.05) is 31.5 Å². The number of nitrogens with zero attached hydrogens (tertiary/aromatic N) is 1. The van der Waals surface area contributed by atoms with E-state index < -0.39 is 0 Å². The molecule has 1 aliphatic heterocycles. The zero-order chi connectivity index (χ0) is 16.1. The van der Waals surface area contributed by atoms with Crippen LogP contribution in [-0.2, 0) is 16.0 Å². The number of amides is 2. The van der Waals surface area contributed by atoms with Crippen LogP contribution in [0.5, 0.6) is 0 Å². The van der Waals surface area contributed by atoms with Gasteiger partial charge < -0.3 is 10.2 Å². The van der Waals surface area contributed by atoms with Crippen molar-refractivity contribution in [3.63, 3.8) is 0 Å². The van der Waals surface area contributed by atoms with Gasteiger partial charge in [-0.2, -0.15) is 0 Å². The second-order valence-corrected chi connectivity index (χ2v) is 6.75. The number of piperidine rings is 1. The zero-order valence-electron chi connectivity index (χ0n) is 13.7. The number of carbonyl (C=O) groups excluding carboxylic acids is 2. The Kier molecular flexibility index (Phi) is 5.31. The maximum absolute atomic E-state index is 12.2. The first-order chi connectivity index (χ1) is 11.2. The molecule has 0 atom stereocenters. The average Bonchev–Trinajstić information content (AvgIpc) is 3.44. The van der Waals surface area contributed by atoms with Gasteiger partial charge >= 0.3 is 0 Å². The number of nitrogens with one attached hydrogen (secondary N) is 1. The number of rotatable bonds is 6. The van der Waals surface area contributed by atoms with Crippen molar-refractivity contribution in [2.45, 2.75) is 38.5 Å². The van der Waals surface area contributed by atoms with Crippen molar-refractivity contribution in [1.29, 1.82) is 0 Å². The maximum atomic E-state index is 12.2. The highest BCUT2D eigenvalue weighted by molar-refractivity contribution is 5.82. The predicted molar refractivity (Wildman–Crippen MR) is 89.8 cm³/mol. The first-order valence-corrected chi connectivity index (χ1v) is 8.84. The Morgan fingerprint density at radius 1 is 1.00 bits per heavy atom. The van der Waals surface area contributed by atoms with Gasteiger partial charge in [0.05, 0.1) is 0 Å². The SMILES string of the molecule is O=C(NCCCc1ccccc1)C1CCN(C(=O)C2CC2)CC1. The maximum Gasteiger partial charge on any atom is 0.225 e. The Bertz CT molecular complexity index is 532. The van der Waals surface area contributed by atoms with E-state index in [1.54, 1.807) is 0 Å². The number of hydrogen-bond donors (Lipinski definition) is 1. The number of carbonyl (C=O) groups is 2. The van der Waals surface area contributed by atoms with Gasteiger partial charge in [0.25, 0.3) is 0 Å². The van der Waals surface area contributed by atoms with Crippen LogP contribution in [0.2, 0.25) is 0 Å². The number of likely N-dealkylation sites (tertiary alicyclic amines) is 1. The molecule has 0 aromatic heterocycles. The van der Waals surface area contributed by atoms with Crippen molar-refractivity contribution in [2.75, 3.05) is 19.6 Å². The molecular formula is C19H26N2O2. The van der Waals surface area contributed by atoms with E-state index in [0.717, 1.165) is 58.2 Å². The molecule has 3 rings (SSSR count). The molecule has 1 saturated heterocycles. The van der Waals surface area contributed by atoms with Crippen LogP contribution < -0.4 is 5.32 Å². The van der Waals surface area contributed by atoms with Crippen molar-refractivity contribution in [3.8, 4) is 0 Å². The lowest BCUT2D eigenvalue weighted by Gasteiger charge is -2.31. The molecule has 2 aliphatic rings. The predicted octanol–water partition coefficient (Wildman–Crippen LogP) is 2.38. The second-order valence-electron chi connectivity index (χ2n) is 6.75. The fourth-order valence-electron chi connectivity index (χ4n) is 3.24. The Labute approximate surface area is 138 Å². The quantitative estimate of drug-likeness (QED) is 0.820. The molecule has 0 bridgehead atoms. The highest BCUT2D eigenvalue weighted by Gasteiger charge is 2.35. The standard InChI is InChI=1S/C19H26N2O2/c22-18(20-12-4-7-15-5-2-1-3-6-15)16-10-13-21(14-11-16)19(23)17-8-9-17/h1-3,5-6,16-17H,4,7-14H2,(H,20,22). The van der Waals surface area contributed by atoms with Gasteiger partial charge in [-0.05, 0) is 44.1 Å². The van der Waals surface area contributed by atoms with E-state index in [2.05, 4.69) is 17.4 Å². The van der Waals surface area contributed by atoms with Crippen molar-refractivity contribution in [3.05, 3.63) is 35.9 Å². The molecule has 124 valence electrons. The average molecular weight is 314 g/mol. The molecule has 4 heteroatoms. The van der Waals surface area contributed by atoms with E-state index >= 15 is 0 Å². The van der Waals surface area contributed by atoms with E-state index in [-0.39, 0.29) is 11.8 Å². The second kappa shape index (κ2) is 7.62. The molecule has 1 heterocycles. The number of hydrogen-bond acceptors (Lipinski definition) is 2. The van der Waals surface area contributed by atoms with Crippen LogP contribution in [0.4, 0.5) is 0 Å². The Hall–Kier alpha value is -1.84. The van der Waals surface area contributed by atoms with Crippen LogP contribution in [0.3, 0.4) is 0 Å². The number of aryl methyl sites for hydroxylation is 1. The summed E-state index contributed by atoms with van der Waals surface area (Å²) in [5, 5.41) is 3.06. The summed E-state index contributed by atoms with van der Waals surface area (Å²) in [5.41, 5.74) is 1.31. The summed E-state index contributed by atoms with van der Waals surface area (Å²) in [6.45, 7) is 2.23. The van der Waals surface area contributed by atoms with Crippen molar-refractivity contribution >= 4 is 11.8 Å². The van der Waals surface area contributed by atoms with Gasteiger partial charge in [0.2, 0.25) is 11.8 Å². The van der Waals surface area contributed by atoms with Gasteiger partial charge in [0.1, 0.15) is 0 Å². The van der Waals surface area contributed by atoms with E-state index in [1.807, 2.05) is 23.1 Å². The van der Waals surface area contributed by atoms with Crippen molar-refractivity contribution < 1.29 is 9.59 Å². The van der Waals surface area contributed by atoms with Crippen molar-refractivity contribution in [2.24, 2.45) is 11.8 Å². The Morgan fingerprint density at radius 2 is 1.70 bits per heavy atom. The van der Waals surface area contributed by atoms with Gasteiger partial charge in [-0.25, -0.2) is 0 Å². The molecule has 1 N–H and O–H groups in total. The van der Waals surface area contributed by atoms with Crippen LogP contribution in [0.1, 0.15) is 37.7 Å². The third kappa shape index (κ3) is 4.57. The minimum absolute atomic E-state index is 0.0787. The third-order valence-corrected chi connectivity index (χ3v) is 4.89. The molecule has 2 amide bonds. The monoisotopic (exact) mass is 314 g/mol. The van der Waals surface area contributed by atoms with Crippen LogP contribution in [0, 0.1) is 11.8 Å². The van der Waals surface area contributed by atoms with Gasteiger partial charge in [-0.15, -0.1) is 0 Å². The summed E-state index contributed by atoms with van der Waals surface area (Å²) in [5.74, 6) is 0.844. The fourth-order valence-corrected chi connectivity index (χ4v) is 3.24. The van der Waals surface area contributed by atoms with Gasteiger partial charge in [0.15, 0.2) is 0 Å². The third-order valence-electron chi connectivity index (χ3n) is 4.89. The summed E-state index contributed by atoms with van der Waals surface area (Å²) in [7, 11) is 0. The Balaban J connectivity index is 1.32. The molecule has 0 spiro atoms. The first-order valence-electron chi connectivity index (χ1n) is 8.84. The number of benzene rings is 1. The summed E-state index contributed by atoms with van der Waals surface area (Å²) in [6, 6.07) is 10.4. The topological polar surface area (TPSA) is 49.4 Å². The van der Waals surface area contributed by atoms with Gasteiger partial charge in [-0.1, -0.05) is 30.3 Å². The normalized spacial score (nSPS) is 18.7. The lowest BCUT2D eigenvalue weighted by Crippen LogP contribution is -2.43. The smallest absolute Gasteiger partial charge is 0.225 e. The summed E-state index contributed by atoms with van der Waals surface area (Å²) in [4.78, 5) is 26.2. The molecule has 1 aromatic rings. The van der Waals surface area contributed by atoms with E-state index in [9.17, 15) is 9.59 Å². The van der Waals surface area contributed by atoms with E-state index in [1.165, 1.54) is 5.56 Å². The van der Waals surface area contributed by atoms with Crippen molar-refractivity contribution in [1.82, 2.24) is 10.2 Å². The van der Waals surface area contributed by atoms with Crippen LogP contribution in [0.25, 0.3) is 0 Å². The molecule has 1 saturated carbocycles. The molecular weight excluding hydrogens is 288 g/mol. The molecule has 4 nitrogen and oxygen atoms in total. The molecule has 0 unspecified atom stereocenters. The van der Waals surface area contributed by atoms with Gasteiger partial charge in [-0.3, -0.25) is 9.59 Å². The molecule has 1 aliphatic carbocycles. The summed E-state index contributed by atoms with van der Waals surface area (Å²) >= 11 is 0. The molecule has 0 radical (unpaired) electrons.